The van der Waals surface area contributed by atoms with Crippen LogP contribution in [0.25, 0.3) is 0 Å². The molecule has 0 aromatic heterocycles. The molecule has 2 aliphatic rings. The molecule has 0 saturated heterocycles. The number of aliphatic carboxylic acids is 1. The Morgan fingerprint density at radius 3 is 2.56 bits per heavy atom. The normalized spacial score (nSPS) is 34.6. The van der Waals surface area contributed by atoms with Gasteiger partial charge in [0.1, 0.15) is 6.04 Å². The van der Waals surface area contributed by atoms with E-state index in [1.807, 2.05) is 13.8 Å². The Labute approximate surface area is 97.6 Å². The highest BCUT2D eigenvalue weighted by molar-refractivity contribution is 5.73. The smallest absolute Gasteiger partial charge is 0.320 e. The van der Waals surface area contributed by atoms with Crippen LogP contribution in [0.15, 0.2) is 0 Å². The summed E-state index contributed by atoms with van der Waals surface area (Å²) in [6, 6.07) is -0.376. The number of hydrogen-bond acceptors (Lipinski definition) is 2. The van der Waals surface area contributed by atoms with Gasteiger partial charge in [0.15, 0.2) is 0 Å². The maximum Gasteiger partial charge on any atom is 0.320 e. The van der Waals surface area contributed by atoms with E-state index < -0.39 is 5.97 Å². The minimum atomic E-state index is -0.710. The van der Waals surface area contributed by atoms with Gasteiger partial charge in [-0.05, 0) is 49.5 Å². The molecule has 2 N–H and O–H groups in total. The second-order valence-corrected chi connectivity index (χ2v) is 5.90. The predicted octanol–water partition coefficient (Wildman–Crippen LogP) is 2.12. The van der Waals surface area contributed by atoms with Gasteiger partial charge < -0.3 is 10.4 Å². The molecular weight excluding hydrogens is 202 g/mol. The summed E-state index contributed by atoms with van der Waals surface area (Å²) in [5, 5.41) is 12.3. The molecule has 0 aromatic carbocycles. The molecule has 16 heavy (non-hydrogen) atoms. The van der Waals surface area contributed by atoms with Crippen LogP contribution in [-0.4, -0.2) is 23.7 Å². The third-order valence-electron chi connectivity index (χ3n) is 4.42. The molecule has 0 aliphatic heterocycles. The topological polar surface area (TPSA) is 49.3 Å². The van der Waals surface area contributed by atoms with Crippen LogP contribution in [0.5, 0.6) is 0 Å². The van der Waals surface area contributed by atoms with Gasteiger partial charge in [0.05, 0.1) is 0 Å². The molecule has 2 bridgehead atoms. The van der Waals surface area contributed by atoms with Crippen LogP contribution in [0.3, 0.4) is 0 Å². The SMILES string of the molecule is CC(C)[C@H](NCC1CC2CCC1C2)C(=O)O. The predicted molar refractivity (Wildman–Crippen MR) is 63.2 cm³/mol. The van der Waals surface area contributed by atoms with Gasteiger partial charge in [-0.25, -0.2) is 0 Å². The van der Waals surface area contributed by atoms with Crippen molar-refractivity contribution in [3.63, 3.8) is 0 Å². The third kappa shape index (κ3) is 2.40. The first-order valence-corrected chi connectivity index (χ1v) is 6.54. The summed E-state index contributed by atoms with van der Waals surface area (Å²) >= 11 is 0. The van der Waals surface area contributed by atoms with E-state index in [9.17, 15) is 4.79 Å². The first-order valence-electron chi connectivity index (χ1n) is 6.54. The lowest BCUT2D eigenvalue weighted by molar-refractivity contribution is -0.140. The molecule has 3 heteroatoms. The van der Waals surface area contributed by atoms with Gasteiger partial charge in [0.25, 0.3) is 0 Å². The van der Waals surface area contributed by atoms with E-state index in [4.69, 9.17) is 5.11 Å². The highest BCUT2D eigenvalue weighted by atomic mass is 16.4. The summed E-state index contributed by atoms with van der Waals surface area (Å²) in [6.45, 7) is 4.83. The van der Waals surface area contributed by atoms with Crippen molar-refractivity contribution in [2.24, 2.45) is 23.7 Å². The monoisotopic (exact) mass is 225 g/mol. The molecule has 0 spiro atoms. The fourth-order valence-corrected chi connectivity index (χ4v) is 3.51. The number of carboxylic acids is 1. The molecule has 0 radical (unpaired) electrons. The Morgan fingerprint density at radius 1 is 1.38 bits per heavy atom. The van der Waals surface area contributed by atoms with E-state index in [-0.39, 0.29) is 12.0 Å². The summed E-state index contributed by atoms with van der Waals surface area (Å²) in [5.74, 6) is 2.01. The van der Waals surface area contributed by atoms with E-state index in [2.05, 4.69) is 5.32 Å². The van der Waals surface area contributed by atoms with Crippen molar-refractivity contribution >= 4 is 5.97 Å². The van der Waals surface area contributed by atoms with Crippen LogP contribution in [0.4, 0.5) is 0 Å². The van der Waals surface area contributed by atoms with Crippen molar-refractivity contribution in [2.45, 2.75) is 45.6 Å². The van der Waals surface area contributed by atoms with Gasteiger partial charge in [0, 0.05) is 0 Å². The summed E-state index contributed by atoms with van der Waals surface area (Å²) in [4.78, 5) is 11.0. The van der Waals surface area contributed by atoms with Gasteiger partial charge in [-0.15, -0.1) is 0 Å². The molecule has 0 heterocycles. The Kier molecular flexibility index (Phi) is 3.53. The molecule has 0 aromatic rings. The Hall–Kier alpha value is -0.570. The van der Waals surface area contributed by atoms with Crippen LogP contribution < -0.4 is 5.32 Å². The van der Waals surface area contributed by atoms with Crippen molar-refractivity contribution in [2.75, 3.05) is 6.54 Å². The van der Waals surface area contributed by atoms with Gasteiger partial charge in [-0.1, -0.05) is 20.3 Å². The first kappa shape index (κ1) is 11.9. The molecule has 2 saturated carbocycles. The number of fused-ring (bicyclic) bond motifs is 2. The standard InChI is InChI=1S/C13H23NO2/c1-8(2)12(13(15)16)14-7-11-6-9-3-4-10(11)5-9/h8-12,14H,3-7H2,1-2H3,(H,15,16)/t9?,10?,11?,12-/m0/s1. The van der Waals surface area contributed by atoms with E-state index in [0.29, 0.717) is 0 Å². The van der Waals surface area contributed by atoms with Crippen molar-refractivity contribution in [3.8, 4) is 0 Å². The lowest BCUT2D eigenvalue weighted by Gasteiger charge is -2.25. The highest BCUT2D eigenvalue weighted by Gasteiger charge is 2.39. The molecule has 3 unspecified atom stereocenters. The Morgan fingerprint density at radius 2 is 2.12 bits per heavy atom. The molecule has 2 aliphatic carbocycles. The van der Waals surface area contributed by atoms with Crippen LogP contribution >= 0.6 is 0 Å². The highest BCUT2D eigenvalue weighted by Crippen LogP contribution is 2.47. The minimum Gasteiger partial charge on any atom is -0.480 e. The van der Waals surface area contributed by atoms with Crippen molar-refractivity contribution < 1.29 is 9.90 Å². The number of carbonyl (C=O) groups is 1. The van der Waals surface area contributed by atoms with E-state index >= 15 is 0 Å². The first-order chi connectivity index (χ1) is 7.58. The number of rotatable bonds is 5. The average Bonchev–Trinajstić information content (AvgIpc) is 2.77. The van der Waals surface area contributed by atoms with Crippen LogP contribution in [-0.2, 0) is 4.79 Å². The fourth-order valence-electron chi connectivity index (χ4n) is 3.51. The lowest BCUT2D eigenvalue weighted by atomic mass is 9.88. The maximum atomic E-state index is 11.0. The van der Waals surface area contributed by atoms with Crippen molar-refractivity contribution in [1.29, 1.82) is 0 Å². The second kappa shape index (κ2) is 4.74. The van der Waals surface area contributed by atoms with E-state index in [0.717, 1.165) is 24.3 Å². The van der Waals surface area contributed by atoms with Crippen LogP contribution in [0.1, 0.15) is 39.5 Å². The van der Waals surface area contributed by atoms with E-state index in [1.54, 1.807) is 0 Å². The number of nitrogens with one attached hydrogen (secondary N) is 1. The third-order valence-corrected chi connectivity index (χ3v) is 4.42. The summed E-state index contributed by atoms with van der Waals surface area (Å²) in [7, 11) is 0. The Balaban J connectivity index is 1.80. The van der Waals surface area contributed by atoms with Crippen LogP contribution in [0.2, 0.25) is 0 Å². The zero-order chi connectivity index (χ0) is 11.7. The molecule has 0 amide bonds. The Bertz CT molecular complexity index is 265. The van der Waals surface area contributed by atoms with Gasteiger partial charge >= 0.3 is 5.97 Å². The molecular formula is C13H23NO2. The van der Waals surface area contributed by atoms with Gasteiger partial charge in [-0.2, -0.15) is 0 Å². The van der Waals surface area contributed by atoms with Crippen molar-refractivity contribution in [1.82, 2.24) is 5.32 Å². The largest absolute Gasteiger partial charge is 0.480 e. The maximum absolute atomic E-state index is 11.0. The summed E-state index contributed by atoms with van der Waals surface area (Å²) in [6.07, 6.45) is 5.50. The average molecular weight is 225 g/mol. The number of carboxylic acid groups (broad SMARTS) is 1. The summed E-state index contributed by atoms with van der Waals surface area (Å²) in [5.41, 5.74) is 0. The van der Waals surface area contributed by atoms with Gasteiger partial charge in [0.2, 0.25) is 0 Å². The minimum absolute atomic E-state index is 0.163. The fraction of sp³-hybridized carbons (Fsp3) is 0.923. The molecule has 92 valence electrons. The van der Waals surface area contributed by atoms with Crippen molar-refractivity contribution in [3.05, 3.63) is 0 Å². The zero-order valence-electron chi connectivity index (χ0n) is 10.3. The lowest BCUT2D eigenvalue weighted by Crippen LogP contribution is -2.43. The molecule has 3 nitrogen and oxygen atoms in total. The molecule has 2 rings (SSSR count). The van der Waals surface area contributed by atoms with Gasteiger partial charge in [-0.3, -0.25) is 4.79 Å². The molecule has 2 fully saturated rings. The van der Waals surface area contributed by atoms with Crippen LogP contribution in [0, 0.1) is 23.7 Å². The zero-order valence-corrected chi connectivity index (χ0v) is 10.3. The summed E-state index contributed by atoms with van der Waals surface area (Å²) < 4.78 is 0. The quantitative estimate of drug-likeness (QED) is 0.753. The van der Waals surface area contributed by atoms with E-state index in [1.165, 1.54) is 25.7 Å². The molecule has 4 atom stereocenters. The number of hydrogen-bond donors (Lipinski definition) is 2. The second-order valence-electron chi connectivity index (χ2n) is 5.90.